The molecule has 0 bridgehead atoms. The number of methoxy groups -OCH3 is 1. The van der Waals surface area contributed by atoms with E-state index in [9.17, 15) is 9.59 Å². The first kappa shape index (κ1) is 25.1. The van der Waals surface area contributed by atoms with Crippen LogP contribution in [0.15, 0.2) is 66.7 Å². The molecule has 0 heterocycles. The monoisotopic (exact) mass is 462 g/mol. The topological polar surface area (TPSA) is 67.9 Å². The third-order valence-corrected chi connectivity index (χ3v) is 6.00. The average molecular weight is 463 g/mol. The van der Waals surface area contributed by atoms with Gasteiger partial charge in [-0.05, 0) is 48.9 Å². The van der Waals surface area contributed by atoms with Gasteiger partial charge in [0, 0.05) is 18.0 Å². The zero-order valence-corrected chi connectivity index (χ0v) is 20.4. The van der Waals surface area contributed by atoms with Crippen LogP contribution in [0.1, 0.15) is 39.2 Å². The lowest BCUT2D eigenvalue weighted by molar-refractivity contribution is -0.143. The van der Waals surface area contributed by atoms with Gasteiger partial charge in [-0.25, -0.2) is 0 Å². The molecule has 0 aliphatic heterocycles. The second kappa shape index (κ2) is 12.1. The van der Waals surface area contributed by atoms with E-state index in [-0.39, 0.29) is 24.5 Å². The van der Waals surface area contributed by atoms with Gasteiger partial charge in [-0.15, -0.1) is 0 Å². The first-order chi connectivity index (χ1) is 16.5. The summed E-state index contributed by atoms with van der Waals surface area (Å²) < 4.78 is 11.2. The van der Waals surface area contributed by atoms with Crippen LogP contribution < -0.4 is 14.8 Å². The van der Waals surface area contributed by atoms with Crippen molar-refractivity contribution in [1.82, 2.24) is 10.2 Å². The van der Waals surface area contributed by atoms with Crippen LogP contribution in [-0.4, -0.2) is 42.5 Å². The predicted octanol–water partition coefficient (Wildman–Crippen LogP) is 4.95. The Morgan fingerprint density at radius 2 is 1.65 bits per heavy atom. The maximum absolute atomic E-state index is 13.4. The minimum Gasteiger partial charge on any atom is -0.497 e. The summed E-state index contributed by atoms with van der Waals surface area (Å²) in [6, 6.07) is 20.6. The molecule has 2 amide bonds. The van der Waals surface area contributed by atoms with E-state index in [1.54, 1.807) is 12.0 Å². The van der Waals surface area contributed by atoms with Crippen LogP contribution in [0, 0.1) is 0 Å². The molecule has 1 N–H and O–H groups in total. The normalized spacial score (nSPS) is 12.6. The molecule has 3 aromatic carbocycles. The Morgan fingerprint density at radius 1 is 0.941 bits per heavy atom. The Balaban J connectivity index is 1.82. The molecule has 3 rings (SSSR count). The third kappa shape index (κ3) is 6.28. The van der Waals surface area contributed by atoms with Crippen LogP contribution >= 0.6 is 0 Å². The highest BCUT2D eigenvalue weighted by Gasteiger charge is 2.29. The van der Waals surface area contributed by atoms with E-state index in [4.69, 9.17) is 9.47 Å². The van der Waals surface area contributed by atoms with Crippen molar-refractivity contribution in [1.29, 1.82) is 0 Å². The van der Waals surface area contributed by atoms with Gasteiger partial charge in [0.15, 0.2) is 6.61 Å². The Morgan fingerprint density at radius 3 is 2.32 bits per heavy atom. The molecule has 0 saturated heterocycles. The highest BCUT2D eigenvalue weighted by atomic mass is 16.5. The maximum Gasteiger partial charge on any atom is 0.261 e. The van der Waals surface area contributed by atoms with E-state index in [1.807, 2.05) is 87.5 Å². The van der Waals surface area contributed by atoms with Crippen LogP contribution in [0.3, 0.4) is 0 Å². The number of fused-ring (bicyclic) bond motifs is 1. The van der Waals surface area contributed by atoms with Crippen LogP contribution in [-0.2, 0) is 16.1 Å². The Labute approximate surface area is 201 Å². The van der Waals surface area contributed by atoms with Crippen LogP contribution in [0.4, 0.5) is 0 Å². The number of benzene rings is 3. The summed E-state index contributed by atoms with van der Waals surface area (Å²) in [7, 11) is 1.61. The van der Waals surface area contributed by atoms with Crippen molar-refractivity contribution in [2.75, 3.05) is 13.7 Å². The van der Waals surface area contributed by atoms with E-state index in [0.717, 1.165) is 28.5 Å². The lowest BCUT2D eigenvalue weighted by Gasteiger charge is -2.31. The fraction of sp³-hybridized carbons (Fsp3) is 0.357. The molecule has 0 aliphatic carbocycles. The minimum absolute atomic E-state index is 0.0337. The molecule has 0 saturated carbocycles. The van der Waals surface area contributed by atoms with E-state index in [0.29, 0.717) is 18.7 Å². The van der Waals surface area contributed by atoms with Gasteiger partial charge in [0.25, 0.3) is 5.91 Å². The highest BCUT2D eigenvalue weighted by molar-refractivity contribution is 5.90. The van der Waals surface area contributed by atoms with Crippen LogP contribution in [0.5, 0.6) is 11.5 Å². The average Bonchev–Trinajstić information content (AvgIpc) is 2.87. The SMILES string of the molecule is CC[C@H](C)NC(=O)[C@H](CC)N(Cc1ccc(OC)cc1)C(=O)COc1cccc2ccccc12. The van der Waals surface area contributed by atoms with Gasteiger partial charge in [-0.1, -0.05) is 62.4 Å². The molecule has 3 aromatic rings. The summed E-state index contributed by atoms with van der Waals surface area (Å²) in [4.78, 5) is 28.1. The fourth-order valence-electron chi connectivity index (χ4n) is 3.83. The smallest absolute Gasteiger partial charge is 0.261 e. The molecule has 0 fully saturated rings. The van der Waals surface area contributed by atoms with Crippen molar-refractivity contribution in [2.24, 2.45) is 0 Å². The first-order valence-corrected chi connectivity index (χ1v) is 11.8. The number of nitrogens with zero attached hydrogens (tertiary/aromatic N) is 1. The van der Waals surface area contributed by atoms with Gasteiger partial charge in [-0.3, -0.25) is 9.59 Å². The molecular formula is C28H34N2O4. The van der Waals surface area contributed by atoms with E-state index in [1.165, 1.54) is 0 Å². The Bertz CT molecular complexity index is 1090. The molecule has 180 valence electrons. The van der Waals surface area contributed by atoms with Crippen molar-refractivity contribution >= 4 is 22.6 Å². The number of rotatable bonds is 11. The zero-order valence-electron chi connectivity index (χ0n) is 20.4. The van der Waals surface area contributed by atoms with Gasteiger partial charge in [0.05, 0.1) is 7.11 Å². The van der Waals surface area contributed by atoms with Crippen molar-refractivity contribution < 1.29 is 19.1 Å². The van der Waals surface area contributed by atoms with Gasteiger partial charge in [-0.2, -0.15) is 0 Å². The summed E-state index contributed by atoms with van der Waals surface area (Å²) in [5.41, 5.74) is 0.911. The summed E-state index contributed by atoms with van der Waals surface area (Å²) >= 11 is 0. The number of amides is 2. The number of carbonyl (C=O) groups is 2. The molecule has 34 heavy (non-hydrogen) atoms. The van der Waals surface area contributed by atoms with Crippen molar-refractivity contribution in [3.05, 3.63) is 72.3 Å². The molecular weight excluding hydrogens is 428 g/mol. The third-order valence-electron chi connectivity index (χ3n) is 6.00. The van der Waals surface area contributed by atoms with Crippen LogP contribution in [0.25, 0.3) is 10.8 Å². The maximum atomic E-state index is 13.4. The van der Waals surface area contributed by atoms with Gasteiger partial charge in [0.1, 0.15) is 17.5 Å². The Kier molecular flexibility index (Phi) is 8.91. The number of hydrogen-bond acceptors (Lipinski definition) is 4. The zero-order chi connectivity index (χ0) is 24.5. The lowest BCUT2D eigenvalue weighted by atomic mass is 10.1. The molecule has 0 spiro atoms. The number of nitrogens with one attached hydrogen (secondary N) is 1. The fourth-order valence-corrected chi connectivity index (χ4v) is 3.83. The molecule has 0 aromatic heterocycles. The number of hydrogen-bond donors (Lipinski definition) is 1. The quantitative estimate of drug-likeness (QED) is 0.438. The van der Waals surface area contributed by atoms with Crippen LogP contribution in [0.2, 0.25) is 0 Å². The summed E-state index contributed by atoms with van der Waals surface area (Å²) in [6.07, 6.45) is 1.32. The van der Waals surface area contributed by atoms with E-state index >= 15 is 0 Å². The van der Waals surface area contributed by atoms with Crippen molar-refractivity contribution in [3.8, 4) is 11.5 Å². The molecule has 6 heteroatoms. The number of carbonyl (C=O) groups excluding carboxylic acids is 2. The second-order valence-corrected chi connectivity index (χ2v) is 8.38. The second-order valence-electron chi connectivity index (χ2n) is 8.38. The summed E-state index contributed by atoms with van der Waals surface area (Å²) in [5.74, 6) is 0.995. The molecule has 6 nitrogen and oxygen atoms in total. The minimum atomic E-state index is -0.597. The van der Waals surface area contributed by atoms with Gasteiger partial charge >= 0.3 is 0 Å². The molecule has 0 aliphatic rings. The van der Waals surface area contributed by atoms with Crippen molar-refractivity contribution in [2.45, 2.75) is 52.2 Å². The first-order valence-electron chi connectivity index (χ1n) is 11.8. The van der Waals surface area contributed by atoms with E-state index < -0.39 is 6.04 Å². The lowest BCUT2D eigenvalue weighted by Crippen LogP contribution is -2.51. The van der Waals surface area contributed by atoms with E-state index in [2.05, 4.69) is 5.32 Å². The highest BCUT2D eigenvalue weighted by Crippen LogP contribution is 2.25. The van der Waals surface area contributed by atoms with Crippen molar-refractivity contribution in [3.63, 3.8) is 0 Å². The molecule has 0 unspecified atom stereocenters. The molecule has 0 radical (unpaired) electrons. The predicted molar refractivity (Wildman–Crippen MR) is 135 cm³/mol. The number of ether oxygens (including phenoxy) is 2. The summed E-state index contributed by atoms with van der Waals surface area (Å²) in [6.45, 7) is 6.04. The Hall–Kier alpha value is -3.54. The standard InChI is InChI=1S/C28H34N2O4/c1-5-20(3)29-28(32)25(6-2)30(18-21-14-16-23(33-4)17-15-21)27(31)19-34-26-13-9-11-22-10-7-8-12-24(22)26/h7-17,20,25H,5-6,18-19H2,1-4H3,(H,29,32)/t20-,25-/m0/s1. The largest absolute Gasteiger partial charge is 0.497 e. The summed E-state index contributed by atoms with van der Waals surface area (Å²) in [5, 5.41) is 5.01. The van der Waals surface area contributed by atoms with Gasteiger partial charge < -0.3 is 19.7 Å². The van der Waals surface area contributed by atoms with Gasteiger partial charge in [0.2, 0.25) is 5.91 Å². The molecule has 2 atom stereocenters.